The predicted molar refractivity (Wildman–Crippen MR) is 56.2 cm³/mol. The molecule has 0 radical (unpaired) electrons. The molecule has 0 aliphatic heterocycles. The van der Waals surface area contributed by atoms with Crippen molar-refractivity contribution in [1.82, 2.24) is 0 Å². The Bertz CT molecular complexity index is 193. The van der Waals surface area contributed by atoms with Crippen molar-refractivity contribution in [2.24, 2.45) is 0 Å². The monoisotopic (exact) mass is 222 g/mol. The van der Waals surface area contributed by atoms with Crippen LogP contribution in [-0.2, 0) is 13.9 Å². The van der Waals surface area contributed by atoms with Gasteiger partial charge in [0.15, 0.2) is 8.03 Å². The maximum absolute atomic E-state index is 11.3. The Labute approximate surface area is 85.5 Å². The summed E-state index contributed by atoms with van der Waals surface area (Å²) in [6.07, 6.45) is 2.82. The van der Waals surface area contributed by atoms with Crippen LogP contribution in [0.5, 0.6) is 0 Å². The van der Waals surface area contributed by atoms with Crippen LogP contribution in [0.15, 0.2) is 0 Å². The summed E-state index contributed by atoms with van der Waals surface area (Å²) in [5, 5.41) is 8.38. The van der Waals surface area contributed by atoms with E-state index in [1.54, 1.807) is 0 Å². The molecule has 0 spiro atoms. The first-order valence-corrected chi connectivity index (χ1v) is 6.53. The average molecular weight is 222 g/mol. The predicted octanol–water partition coefficient (Wildman–Crippen LogP) is 2.53. The van der Waals surface area contributed by atoms with Crippen LogP contribution >= 0.6 is 8.03 Å². The summed E-state index contributed by atoms with van der Waals surface area (Å²) in [6, 6.07) is 0. The summed E-state index contributed by atoms with van der Waals surface area (Å²) < 4.78 is 16.6. The average Bonchev–Trinajstić information content (AvgIpc) is 2.14. The third kappa shape index (κ3) is 7.10. The minimum absolute atomic E-state index is 0.0279. The van der Waals surface area contributed by atoms with E-state index >= 15 is 0 Å². The topological polar surface area (TPSA) is 63.6 Å². The number of carbonyl (C=O) groups is 1. The Balaban J connectivity index is 3.72. The summed E-state index contributed by atoms with van der Waals surface area (Å²) in [6.45, 7) is 4.02. The van der Waals surface area contributed by atoms with E-state index in [4.69, 9.17) is 9.63 Å². The van der Waals surface area contributed by atoms with Gasteiger partial charge >= 0.3 is 5.97 Å². The molecule has 0 aromatic heterocycles. The van der Waals surface area contributed by atoms with E-state index in [2.05, 4.69) is 0 Å². The molecule has 14 heavy (non-hydrogen) atoms. The van der Waals surface area contributed by atoms with Crippen molar-refractivity contribution >= 4 is 14.0 Å². The largest absolute Gasteiger partial charge is 0.481 e. The van der Waals surface area contributed by atoms with Crippen LogP contribution in [0.1, 0.15) is 39.5 Å². The van der Waals surface area contributed by atoms with E-state index in [1.807, 2.05) is 13.8 Å². The van der Waals surface area contributed by atoms with Gasteiger partial charge in [0.25, 0.3) is 0 Å². The third-order valence-corrected chi connectivity index (χ3v) is 3.16. The zero-order valence-corrected chi connectivity index (χ0v) is 9.78. The highest BCUT2D eigenvalue weighted by Gasteiger charge is 2.10. The van der Waals surface area contributed by atoms with Gasteiger partial charge in [0, 0.05) is 6.16 Å². The van der Waals surface area contributed by atoms with Gasteiger partial charge in [0.1, 0.15) is 0 Å². The van der Waals surface area contributed by atoms with Crippen molar-refractivity contribution in [1.29, 1.82) is 0 Å². The highest BCUT2D eigenvalue weighted by atomic mass is 31.1. The summed E-state index contributed by atoms with van der Waals surface area (Å²) in [4.78, 5) is 10.2. The van der Waals surface area contributed by atoms with Gasteiger partial charge in [-0.2, -0.15) is 0 Å². The Morgan fingerprint density at radius 1 is 1.50 bits per heavy atom. The Morgan fingerprint density at radius 3 is 2.57 bits per heavy atom. The smallest absolute Gasteiger partial charge is 0.303 e. The quantitative estimate of drug-likeness (QED) is 0.641. The molecule has 0 saturated heterocycles. The Hall–Kier alpha value is -0.340. The van der Waals surface area contributed by atoms with E-state index in [1.165, 1.54) is 0 Å². The van der Waals surface area contributed by atoms with Crippen molar-refractivity contribution in [3.63, 3.8) is 0 Å². The van der Waals surface area contributed by atoms with E-state index in [-0.39, 0.29) is 18.7 Å². The molecule has 84 valence electrons. The molecule has 0 aromatic carbocycles. The molecular weight excluding hydrogens is 203 g/mol. The second-order valence-corrected chi connectivity index (χ2v) is 4.68. The number of carboxylic acids is 1. The number of hydrogen-bond acceptors (Lipinski definition) is 3. The summed E-state index contributed by atoms with van der Waals surface area (Å²) in [5.74, 6) is -0.921. The lowest BCUT2D eigenvalue weighted by molar-refractivity contribution is -0.136. The summed E-state index contributed by atoms with van der Waals surface area (Å²) in [7, 11) is -2.15. The molecule has 5 heteroatoms. The molecule has 0 aliphatic rings. The first-order chi connectivity index (χ1) is 6.60. The van der Waals surface area contributed by atoms with Crippen LogP contribution in [0.3, 0.4) is 0 Å². The van der Waals surface area contributed by atoms with Crippen molar-refractivity contribution in [3.05, 3.63) is 0 Å². The number of aliphatic carboxylic acids is 1. The normalized spacial score (nSPS) is 15.0. The van der Waals surface area contributed by atoms with Crippen LogP contribution in [0.25, 0.3) is 0 Å². The lowest BCUT2D eigenvalue weighted by Gasteiger charge is -2.14. The minimum Gasteiger partial charge on any atom is -0.481 e. The number of rotatable bonds is 8. The molecule has 1 N–H and O–H groups in total. The molecule has 0 aromatic rings. The molecule has 2 unspecified atom stereocenters. The standard InChI is InChI=1S/C9H19O4P/c1-3-5-8(4-2)13-14(12)7-6-9(10)11/h8,14H,3-7H2,1-2H3,(H,10,11). The fourth-order valence-electron chi connectivity index (χ4n) is 1.12. The first-order valence-electron chi connectivity index (χ1n) is 5.01. The molecule has 0 heterocycles. The highest BCUT2D eigenvalue weighted by molar-refractivity contribution is 7.39. The van der Waals surface area contributed by atoms with Crippen molar-refractivity contribution in [2.75, 3.05) is 6.16 Å². The second kappa shape index (κ2) is 8.01. The van der Waals surface area contributed by atoms with E-state index in [0.29, 0.717) is 0 Å². The van der Waals surface area contributed by atoms with Gasteiger partial charge in [-0.1, -0.05) is 20.3 Å². The maximum Gasteiger partial charge on any atom is 0.303 e. The van der Waals surface area contributed by atoms with Crippen molar-refractivity contribution in [3.8, 4) is 0 Å². The summed E-state index contributed by atoms with van der Waals surface area (Å²) in [5.41, 5.74) is 0. The molecule has 4 nitrogen and oxygen atoms in total. The molecule has 0 aliphatic carbocycles. The van der Waals surface area contributed by atoms with Crippen molar-refractivity contribution < 1.29 is 19.0 Å². The van der Waals surface area contributed by atoms with Gasteiger partial charge in [0.05, 0.1) is 12.5 Å². The SMILES string of the molecule is CCCC(CC)O[PH](=O)CCC(=O)O. The van der Waals surface area contributed by atoms with E-state index < -0.39 is 14.0 Å². The number of hydrogen-bond donors (Lipinski definition) is 1. The van der Waals surface area contributed by atoms with Gasteiger partial charge in [-0.05, 0) is 12.8 Å². The molecule has 0 fully saturated rings. The fourth-order valence-corrected chi connectivity index (χ4v) is 2.31. The van der Waals surface area contributed by atoms with Gasteiger partial charge in [0.2, 0.25) is 0 Å². The third-order valence-electron chi connectivity index (χ3n) is 1.91. The Kier molecular flexibility index (Phi) is 7.81. The van der Waals surface area contributed by atoms with Gasteiger partial charge in [-0.3, -0.25) is 9.36 Å². The molecule has 0 bridgehead atoms. The zero-order chi connectivity index (χ0) is 11.0. The van der Waals surface area contributed by atoms with Gasteiger partial charge in [-0.25, -0.2) is 0 Å². The summed E-state index contributed by atoms with van der Waals surface area (Å²) >= 11 is 0. The second-order valence-electron chi connectivity index (χ2n) is 3.20. The van der Waals surface area contributed by atoms with Gasteiger partial charge < -0.3 is 9.63 Å². The first kappa shape index (κ1) is 13.7. The van der Waals surface area contributed by atoms with E-state index in [0.717, 1.165) is 19.3 Å². The lowest BCUT2D eigenvalue weighted by Crippen LogP contribution is -2.07. The highest BCUT2D eigenvalue weighted by Crippen LogP contribution is 2.28. The molecular formula is C9H19O4P. The van der Waals surface area contributed by atoms with Crippen LogP contribution < -0.4 is 0 Å². The minimum atomic E-state index is -2.15. The van der Waals surface area contributed by atoms with E-state index in [9.17, 15) is 9.36 Å². The maximum atomic E-state index is 11.3. The van der Waals surface area contributed by atoms with Gasteiger partial charge in [-0.15, -0.1) is 0 Å². The molecule has 0 saturated carbocycles. The van der Waals surface area contributed by atoms with Crippen molar-refractivity contribution in [2.45, 2.75) is 45.6 Å². The van der Waals surface area contributed by atoms with Crippen LogP contribution in [-0.4, -0.2) is 23.3 Å². The molecule has 0 amide bonds. The Morgan fingerprint density at radius 2 is 2.14 bits per heavy atom. The van der Waals surface area contributed by atoms with Crippen LogP contribution in [0.2, 0.25) is 0 Å². The zero-order valence-electron chi connectivity index (χ0n) is 8.78. The van der Waals surface area contributed by atoms with Crippen LogP contribution in [0.4, 0.5) is 0 Å². The lowest BCUT2D eigenvalue weighted by atomic mass is 10.2. The molecule has 2 atom stereocenters. The number of carboxylic acid groups (broad SMARTS) is 1. The molecule has 0 rings (SSSR count). The van der Waals surface area contributed by atoms with Crippen LogP contribution in [0, 0.1) is 0 Å². The fraction of sp³-hybridized carbons (Fsp3) is 0.889.